The van der Waals surface area contributed by atoms with Crippen LogP contribution in [0.4, 0.5) is 0 Å². The molecule has 0 radical (unpaired) electrons. The van der Waals surface area contributed by atoms with Crippen molar-refractivity contribution in [3.8, 4) is 5.75 Å². The molecule has 5 rings (SSSR count). The fraction of sp³-hybridized carbons (Fsp3) is 0.200. The molecule has 1 heteroatoms. The zero-order valence-electron chi connectivity index (χ0n) is 18.1. The Balaban J connectivity index is 1.67. The molecule has 0 saturated heterocycles. The van der Waals surface area contributed by atoms with Gasteiger partial charge in [-0.1, -0.05) is 104 Å². The predicted octanol–water partition coefficient (Wildman–Crippen LogP) is 7.97. The SMILES string of the molecule is CCCCC1=C(c2c(OCc3ccccc3)ccc3ccccc23)c2ccccc2C1. The molecule has 0 amide bonds. The van der Waals surface area contributed by atoms with E-state index < -0.39 is 0 Å². The van der Waals surface area contributed by atoms with E-state index in [1.54, 1.807) is 5.57 Å². The van der Waals surface area contributed by atoms with Crippen LogP contribution in [-0.2, 0) is 13.0 Å². The van der Waals surface area contributed by atoms with E-state index in [1.165, 1.54) is 51.4 Å². The quantitative estimate of drug-likeness (QED) is 0.303. The molecule has 1 aliphatic carbocycles. The van der Waals surface area contributed by atoms with Gasteiger partial charge in [0.2, 0.25) is 0 Å². The Hall–Kier alpha value is -3.32. The van der Waals surface area contributed by atoms with Crippen molar-refractivity contribution in [2.45, 2.75) is 39.2 Å². The lowest BCUT2D eigenvalue weighted by atomic mass is 9.90. The third-order valence-electron chi connectivity index (χ3n) is 6.25. The van der Waals surface area contributed by atoms with Crippen LogP contribution in [0.2, 0.25) is 0 Å². The molecule has 0 heterocycles. The molecule has 0 atom stereocenters. The summed E-state index contributed by atoms with van der Waals surface area (Å²) < 4.78 is 6.48. The van der Waals surface area contributed by atoms with Gasteiger partial charge >= 0.3 is 0 Å². The molecule has 4 aromatic rings. The molecular formula is C30H28O. The van der Waals surface area contributed by atoms with Gasteiger partial charge < -0.3 is 4.74 Å². The third kappa shape index (κ3) is 3.88. The Labute approximate surface area is 185 Å². The molecule has 0 fully saturated rings. The number of unbranched alkanes of at least 4 members (excludes halogenated alkanes) is 1. The molecule has 31 heavy (non-hydrogen) atoms. The maximum Gasteiger partial charge on any atom is 0.128 e. The molecule has 0 saturated carbocycles. The Morgan fingerprint density at radius 3 is 2.42 bits per heavy atom. The van der Waals surface area contributed by atoms with Crippen molar-refractivity contribution in [2.24, 2.45) is 0 Å². The Morgan fingerprint density at radius 1 is 0.774 bits per heavy atom. The van der Waals surface area contributed by atoms with E-state index in [9.17, 15) is 0 Å². The maximum absolute atomic E-state index is 6.48. The summed E-state index contributed by atoms with van der Waals surface area (Å²) in [6, 6.07) is 32.4. The van der Waals surface area contributed by atoms with Crippen molar-refractivity contribution >= 4 is 16.3 Å². The molecule has 0 N–H and O–H groups in total. The summed E-state index contributed by atoms with van der Waals surface area (Å²) in [6.07, 6.45) is 4.62. The number of ether oxygens (including phenoxy) is 1. The zero-order chi connectivity index (χ0) is 21.0. The summed E-state index contributed by atoms with van der Waals surface area (Å²) in [5.41, 5.74) is 8.19. The summed E-state index contributed by atoms with van der Waals surface area (Å²) in [5.74, 6) is 0.975. The average Bonchev–Trinajstić information content (AvgIpc) is 3.19. The molecule has 1 aliphatic rings. The van der Waals surface area contributed by atoms with E-state index in [0.29, 0.717) is 6.61 Å². The van der Waals surface area contributed by atoms with Crippen LogP contribution < -0.4 is 4.74 Å². The first-order valence-corrected chi connectivity index (χ1v) is 11.3. The maximum atomic E-state index is 6.48. The van der Waals surface area contributed by atoms with Crippen LogP contribution in [0.25, 0.3) is 16.3 Å². The number of allylic oxidation sites excluding steroid dienone is 1. The highest BCUT2D eigenvalue weighted by molar-refractivity contribution is 6.02. The van der Waals surface area contributed by atoms with Gasteiger partial charge in [0.1, 0.15) is 12.4 Å². The van der Waals surface area contributed by atoms with Gasteiger partial charge in [0.05, 0.1) is 0 Å². The fourth-order valence-corrected chi connectivity index (χ4v) is 4.71. The second-order valence-corrected chi connectivity index (χ2v) is 8.35. The monoisotopic (exact) mass is 404 g/mol. The molecule has 1 nitrogen and oxygen atoms in total. The van der Waals surface area contributed by atoms with E-state index in [-0.39, 0.29) is 0 Å². The van der Waals surface area contributed by atoms with Crippen molar-refractivity contribution in [1.29, 1.82) is 0 Å². The Kier molecular flexibility index (Phi) is 5.58. The number of rotatable bonds is 7. The zero-order valence-corrected chi connectivity index (χ0v) is 18.1. The molecule has 0 aromatic heterocycles. The Bertz CT molecular complexity index is 1230. The third-order valence-corrected chi connectivity index (χ3v) is 6.25. The van der Waals surface area contributed by atoms with Gasteiger partial charge in [0, 0.05) is 5.56 Å². The van der Waals surface area contributed by atoms with E-state index in [2.05, 4.69) is 91.9 Å². The van der Waals surface area contributed by atoms with Gasteiger partial charge in [0.15, 0.2) is 0 Å². The highest BCUT2D eigenvalue weighted by atomic mass is 16.5. The smallest absolute Gasteiger partial charge is 0.128 e. The second kappa shape index (κ2) is 8.81. The molecule has 154 valence electrons. The summed E-state index contributed by atoms with van der Waals surface area (Å²) in [5, 5.41) is 2.53. The number of fused-ring (bicyclic) bond motifs is 2. The van der Waals surface area contributed by atoms with Crippen LogP contribution in [0, 0.1) is 0 Å². The van der Waals surface area contributed by atoms with Gasteiger partial charge in [-0.15, -0.1) is 0 Å². The minimum absolute atomic E-state index is 0.575. The van der Waals surface area contributed by atoms with Crippen LogP contribution >= 0.6 is 0 Å². The minimum Gasteiger partial charge on any atom is -0.488 e. The van der Waals surface area contributed by atoms with Crippen molar-refractivity contribution < 1.29 is 4.74 Å². The van der Waals surface area contributed by atoms with E-state index >= 15 is 0 Å². The van der Waals surface area contributed by atoms with E-state index in [0.717, 1.165) is 18.6 Å². The molecule has 4 aromatic carbocycles. The lowest BCUT2D eigenvalue weighted by molar-refractivity contribution is 0.306. The molecule has 0 unspecified atom stereocenters. The molecule has 0 bridgehead atoms. The van der Waals surface area contributed by atoms with Crippen LogP contribution in [0.15, 0.2) is 96.6 Å². The van der Waals surface area contributed by atoms with Crippen LogP contribution in [0.5, 0.6) is 5.75 Å². The van der Waals surface area contributed by atoms with E-state index in [4.69, 9.17) is 4.74 Å². The fourth-order valence-electron chi connectivity index (χ4n) is 4.71. The van der Waals surface area contributed by atoms with Crippen molar-refractivity contribution in [3.63, 3.8) is 0 Å². The summed E-state index contributed by atoms with van der Waals surface area (Å²) in [6.45, 7) is 2.85. The highest BCUT2D eigenvalue weighted by Crippen LogP contribution is 2.45. The first kappa shape index (κ1) is 19.6. The van der Waals surface area contributed by atoms with Gasteiger partial charge in [-0.25, -0.2) is 0 Å². The standard InChI is InChI=1S/C30H28O/c1-2-3-13-25-20-24-15-8-10-17-27(24)29(25)30-26-16-9-7-14-23(26)18-19-28(30)31-21-22-11-5-4-6-12-22/h4-12,14-19H,2-3,13,20-21H2,1H3. The largest absolute Gasteiger partial charge is 0.488 e. The number of hydrogen-bond donors (Lipinski definition) is 0. The highest BCUT2D eigenvalue weighted by Gasteiger charge is 2.26. The van der Waals surface area contributed by atoms with Gasteiger partial charge in [-0.3, -0.25) is 0 Å². The van der Waals surface area contributed by atoms with Gasteiger partial charge in [-0.05, 0) is 58.4 Å². The predicted molar refractivity (Wildman–Crippen MR) is 130 cm³/mol. The van der Waals surface area contributed by atoms with Crippen LogP contribution in [0.3, 0.4) is 0 Å². The van der Waals surface area contributed by atoms with Crippen LogP contribution in [-0.4, -0.2) is 0 Å². The lowest BCUT2D eigenvalue weighted by Gasteiger charge is -2.18. The summed E-state index contributed by atoms with van der Waals surface area (Å²) in [7, 11) is 0. The van der Waals surface area contributed by atoms with Crippen molar-refractivity contribution in [2.75, 3.05) is 0 Å². The van der Waals surface area contributed by atoms with Crippen LogP contribution in [0.1, 0.15) is 48.4 Å². The van der Waals surface area contributed by atoms with Crippen molar-refractivity contribution in [1.82, 2.24) is 0 Å². The first-order chi connectivity index (χ1) is 15.3. The molecular weight excluding hydrogens is 376 g/mol. The Morgan fingerprint density at radius 2 is 1.55 bits per heavy atom. The van der Waals surface area contributed by atoms with Gasteiger partial charge in [-0.2, -0.15) is 0 Å². The van der Waals surface area contributed by atoms with E-state index in [1.807, 2.05) is 6.07 Å². The number of benzene rings is 4. The minimum atomic E-state index is 0.575. The summed E-state index contributed by atoms with van der Waals surface area (Å²) in [4.78, 5) is 0. The number of hydrogen-bond acceptors (Lipinski definition) is 1. The molecule has 0 spiro atoms. The van der Waals surface area contributed by atoms with Crippen molar-refractivity contribution in [3.05, 3.63) is 119 Å². The first-order valence-electron chi connectivity index (χ1n) is 11.3. The topological polar surface area (TPSA) is 9.23 Å². The van der Waals surface area contributed by atoms with Gasteiger partial charge in [0.25, 0.3) is 0 Å². The second-order valence-electron chi connectivity index (χ2n) is 8.35. The normalized spacial score (nSPS) is 12.9. The lowest BCUT2D eigenvalue weighted by Crippen LogP contribution is -2.00. The average molecular weight is 405 g/mol. The molecule has 0 aliphatic heterocycles. The summed E-state index contributed by atoms with van der Waals surface area (Å²) >= 11 is 0.